The monoisotopic (exact) mass is 429 g/mol. The Hall–Kier alpha value is -3.00. The van der Waals surface area contributed by atoms with E-state index in [2.05, 4.69) is 19.9 Å². The first kappa shape index (κ1) is 21.7. The molecule has 2 aromatic heterocycles. The first-order valence-corrected chi connectivity index (χ1v) is 10.2. The second-order valence-corrected chi connectivity index (χ2v) is 7.64. The normalized spacial score (nSPS) is 11.1. The molecule has 9 heteroatoms. The zero-order valence-corrected chi connectivity index (χ0v) is 18.0. The van der Waals surface area contributed by atoms with Gasteiger partial charge in [-0.05, 0) is 44.9 Å². The van der Waals surface area contributed by atoms with Crippen LogP contribution >= 0.6 is 11.6 Å². The Balaban J connectivity index is 1.79. The zero-order chi connectivity index (χ0) is 21.8. The van der Waals surface area contributed by atoms with Crippen LogP contribution in [0.5, 0.6) is 0 Å². The first-order chi connectivity index (χ1) is 14.3. The predicted octanol–water partition coefficient (Wildman–Crippen LogP) is 2.65. The average Bonchev–Trinajstić information content (AvgIpc) is 2.66. The van der Waals surface area contributed by atoms with E-state index in [4.69, 9.17) is 11.6 Å². The molecule has 1 amide bonds. The molecule has 0 atom stereocenters. The van der Waals surface area contributed by atoms with Gasteiger partial charge in [-0.15, -0.1) is 0 Å². The molecule has 0 saturated carbocycles. The maximum atomic E-state index is 12.9. The number of fused-ring (bicyclic) bond motifs is 1. The lowest BCUT2D eigenvalue weighted by molar-refractivity contribution is -0.131. The summed E-state index contributed by atoms with van der Waals surface area (Å²) in [5, 5.41) is 0.929. The van der Waals surface area contributed by atoms with E-state index in [0.29, 0.717) is 51.8 Å². The van der Waals surface area contributed by atoms with Crippen LogP contribution in [0.1, 0.15) is 42.7 Å². The number of aryl methyl sites for hydroxylation is 2. The molecule has 0 saturated heterocycles. The fourth-order valence-electron chi connectivity index (χ4n) is 3.41. The SMILES string of the molecule is CCCN(Cc1nc2cc(Cl)ccc2c(=O)[nH]1)C(=O)CCc1c(C)nc(C)[nH]c1=O. The number of amides is 1. The quantitative estimate of drug-likeness (QED) is 0.599. The van der Waals surface area contributed by atoms with Crippen LogP contribution < -0.4 is 11.1 Å². The van der Waals surface area contributed by atoms with E-state index in [0.717, 1.165) is 6.42 Å². The van der Waals surface area contributed by atoms with Crippen molar-refractivity contribution in [2.45, 2.75) is 46.6 Å². The van der Waals surface area contributed by atoms with E-state index >= 15 is 0 Å². The maximum Gasteiger partial charge on any atom is 0.258 e. The number of benzene rings is 1. The first-order valence-electron chi connectivity index (χ1n) is 9.81. The highest BCUT2D eigenvalue weighted by molar-refractivity contribution is 6.31. The molecule has 3 rings (SSSR count). The van der Waals surface area contributed by atoms with E-state index in [-0.39, 0.29) is 30.0 Å². The van der Waals surface area contributed by atoms with Gasteiger partial charge in [0.15, 0.2) is 0 Å². The predicted molar refractivity (Wildman–Crippen MR) is 116 cm³/mol. The molecule has 0 bridgehead atoms. The third kappa shape index (κ3) is 4.94. The van der Waals surface area contributed by atoms with Crippen LogP contribution in [0.15, 0.2) is 27.8 Å². The van der Waals surface area contributed by atoms with Gasteiger partial charge in [0.05, 0.1) is 17.4 Å². The Kier molecular flexibility index (Phi) is 6.66. The molecule has 0 aliphatic heterocycles. The van der Waals surface area contributed by atoms with Gasteiger partial charge in [-0.3, -0.25) is 14.4 Å². The summed E-state index contributed by atoms with van der Waals surface area (Å²) in [6.45, 7) is 6.14. The van der Waals surface area contributed by atoms with Crippen LogP contribution in [0, 0.1) is 13.8 Å². The van der Waals surface area contributed by atoms with Gasteiger partial charge in [-0.25, -0.2) is 9.97 Å². The molecule has 0 fully saturated rings. The number of aromatic amines is 2. The van der Waals surface area contributed by atoms with Gasteiger partial charge in [0, 0.05) is 29.2 Å². The fraction of sp³-hybridized carbons (Fsp3) is 0.381. The second-order valence-electron chi connectivity index (χ2n) is 7.20. The van der Waals surface area contributed by atoms with E-state index in [1.165, 1.54) is 0 Å². The molecule has 0 radical (unpaired) electrons. The maximum absolute atomic E-state index is 12.9. The van der Waals surface area contributed by atoms with Crippen LogP contribution in [0.25, 0.3) is 10.9 Å². The molecule has 2 heterocycles. The molecule has 0 unspecified atom stereocenters. The van der Waals surface area contributed by atoms with Crippen LogP contribution in [-0.4, -0.2) is 37.3 Å². The highest BCUT2D eigenvalue weighted by Gasteiger charge is 2.17. The van der Waals surface area contributed by atoms with E-state index in [1.54, 1.807) is 36.9 Å². The topological polar surface area (TPSA) is 112 Å². The number of carbonyl (C=O) groups is 1. The molecular weight excluding hydrogens is 406 g/mol. The highest BCUT2D eigenvalue weighted by atomic mass is 35.5. The smallest absolute Gasteiger partial charge is 0.258 e. The molecule has 0 aliphatic rings. The van der Waals surface area contributed by atoms with Gasteiger partial charge < -0.3 is 14.9 Å². The molecular formula is C21H24ClN5O3. The third-order valence-corrected chi connectivity index (χ3v) is 5.07. The van der Waals surface area contributed by atoms with Crippen molar-refractivity contribution >= 4 is 28.4 Å². The van der Waals surface area contributed by atoms with Crippen molar-refractivity contribution in [2.75, 3.05) is 6.54 Å². The number of nitrogens with zero attached hydrogens (tertiary/aromatic N) is 3. The Labute approximate surface area is 178 Å². The van der Waals surface area contributed by atoms with Gasteiger partial charge in [-0.2, -0.15) is 0 Å². The second kappa shape index (κ2) is 9.21. The summed E-state index contributed by atoms with van der Waals surface area (Å²) in [7, 11) is 0. The van der Waals surface area contributed by atoms with Gasteiger partial charge in [-0.1, -0.05) is 18.5 Å². The van der Waals surface area contributed by atoms with Crippen molar-refractivity contribution in [1.82, 2.24) is 24.8 Å². The van der Waals surface area contributed by atoms with E-state index in [1.807, 2.05) is 6.92 Å². The van der Waals surface area contributed by atoms with Crippen molar-refractivity contribution in [3.05, 3.63) is 66.8 Å². The number of hydrogen-bond donors (Lipinski definition) is 2. The van der Waals surface area contributed by atoms with Crippen LogP contribution in [0.4, 0.5) is 0 Å². The number of aromatic nitrogens is 4. The average molecular weight is 430 g/mol. The van der Waals surface area contributed by atoms with Crippen LogP contribution in [0.2, 0.25) is 5.02 Å². The summed E-state index contributed by atoms with van der Waals surface area (Å²) in [5.74, 6) is 0.819. The van der Waals surface area contributed by atoms with Crippen molar-refractivity contribution in [3.8, 4) is 0 Å². The summed E-state index contributed by atoms with van der Waals surface area (Å²) < 4.78 is 0. The van der Waals surface area contributed by atoms with Gasteiger partial charge in [0.1, 0.15) is 11.6 Å². The van der Waals surface area contributed by atoms with Crippen LogP contribution in [-0.2, 0) is 17.8 Å². The minimum absolute atomic E-state index is 0.120. The Morgan fingerprint density at radius 1 is 1.13 bits per heavy atom. The van der Waals surface area contributed by atoms with Crippen molar-refractivity contribution < 1.29 is 4.79 Å². The standard InChI is InChI=1S/C21H24ClN5O3/c1-4-9-27(19(28)8-7-15-12(2)23-13(3)24-20(15)29)11-18-25-17-10-14(22)5-6-16(17)21(30)26-18/h5-6,10H,4,7-9,11H2,1-3H3,(H,23,24,29)(H,25,26,30). The molecule has 0 aliphatic carbocycles. The Morgan fingerprint density at radius 2 is 1.90 bits per heavy atom. The molecule has 2 N–H and O–H groups in total. The number of halogens is 1. The number of hydrogen-bond acceptors (Lipinski definition) is 5. The lowest BCUT2D eigenvalue weighted by Gasteiger charge is -2.22. The molecule has 8 nitrogen and oxygen atoms in total. The van der Waals surface area contributed by atoms with Crippen molar-refractivity contribution in [1.29, 1.82) is 0 Å². The number of carbonyl (C=O) groups excluding carboxylic acids is 1. The highest BCUT2D eigenvalue weighted by Crippen LogP contribution is 2.15. The summed E-state index contributed by atoms with van der Waals surface area (Å²) in [6, 6.07) is 4.88. The fourth-order valence-corrected chi connectivity index (χ4v) is 3.58. The minimum atomic E-state index is -0.275. The number of rotatable bonds is 7. The van der Waals surface area contributed by atoms with Crippen LogP contribution in [0.3, 0.4) is 0 Å². The molecule has 3 aromatic rings. The Morgan fingerprint density at radius 3 is 2.60 bits per heavy atom. The summed E-state index contributed by atoms with van der Waals surface area (Å²) in [4.78, 5) is 53.1. The van der Waals surface area contributed by atoms with Gasteiger partial charge in [0.2, 0.25) is 5.91 Å². The summed E-state index contributed by atoms with van der Waals surface area (Å²) in [6.07, 6.45) is 1.21. The van der Waals surface area contributed by atoms with Gasteiger partial charge in [0.25, 0.3) is 11.1 Å². The molecule has 158 valence electrons. The zero-order valence-electron chi connectivity index (χ0n) is 17.2. The van der Waals surface area contributed by atoms with Crippen molar-refractivity contribution in [3.63, 3.8) is 0 Å². The largest absolute Gasteiger partial charge is 0.335 e. The molecule has 1 aromatic carbocycles. The number of H-pyrrole nitrogens is 2. The lowest BCUT2D eigenvalue weighted by Crippen LogP contribution is -2.33. The third-order valence-electron chi connectivity index (χ3n) is 4.83. The molecule has 30 heavy (non-hydrogen) atoms. The van der Waals surface area contributed by atoms with Crippen molar-refractivity contribution in [2.24, 2.45) is 0 Å². The number of nitrogens with one attached hydrogen (secondary N) is 2. The summed E-state index contributed by atoms with van der Waals surface area (Å²) >= 11 is 6.01. The lowest BCUT2D eigenvalue weighted by atomic mass is 10.1. The summed E-state index contributed by atoms with van der Waals surface area (Å²) in [5.41, 5.74) is 1.13. The van der Waals surface area contributed by atoms with Gasteiger partial charge >= 0.3 is 0 Å². The molecule has 0 spiro atoms. The van der Waals surface area contributed by atoms with E-state index < -0.39 is 0 Å². The minimum Gasteiger partial charge on any atom is -0.335 e. The Bertz CT molecular complexity index is 1200. The van der Waals surface area contributed by atoms with E-state index in [9.17, 15) is 14.4 Å².